The molecule has 1 aliphatic carbocycles. The van der Waals surface area contributed by atoms with E-state index in [1.54, 1.807) is 32.4 Å². The second-order valence-corrected chi connectivity index (χ2v) is 10.1. The average molecular weight is 546 g/mol. The zero-order valence-corrected chi connectivity index (χ0v) is 22.8. The molecule has 2 aliphatic rings. The highest BCUT2D eigenvalue weighted by molar-refractivity contribution is 6.35. The second-order valence-electron chi connectivity index (χ2n) is 9.20. The highest BCUT2D eigenvalue weighted by Crippen LogP contribution is 2.39. The van der Waals surface area contributed by atoms with Crippen molar-refractivity contribution < 1.29 is 19.0 Å². The number of piperidine rings is 1. The number of hydrogen-bond donors (Lipinski definition) is 1. The van der Waals surface area contributed by atoms with Gasteiger partial charge in [-0.25, -0.2) is 0 Å². The van der Waals surface area contributed by atoms with Gasteiger partial charge in [0, 0.05) is 59.8 Å². The maximum absolute atomic E-state index is 13.1. The SMILES string of the molecule is COc1cc(C(=O)NCC2CCN(c3ccncc3)CC2)cc(OCCC2=C(Cl)C=C(Cl)CC2)c1OC. The summed E-state index contributed by atoms with van der Waals surface area (Å²) in [5, 5.41) is 4.53. The molecule has 37 heavy (non-hydrogen) atoms. The first-order chi connectivity index (χ1) is 18.0. The number of aromatic nitrogens is 1. The third-order valence-corrected chi connectivity index (χ3v) is 7.52. The fourth-order valence-electron chi connectivity index (χ4n) is 4.69. The summed E-state index contributed by atoms with van der Waals surface area (Å²) in [6.45, 7) is 2.93. The number of pyridine rings is 1. The summed E-state index contributed by atoms with van der Waals surface area (Å²) in [7, 11) is 3.10. The normalized spacial score (nSPS) is 16.3. The van der Waals surface area contributed by atoms with Crippen LogP contribution in [0.15, 0.2) is 58.4 Å². The highest BCUT2D eigenvalue weighted by atomic mass is 35.5. The minimum Gasteiger partial charge on any atom is -0.493 e. The zero-order valence-electron chi connectivity index (χ0n) is 21.3. The van der Waals surface area contributed by atoms with Gasteiger partial charge in [-0.05, 0) is 67.5 Å². The van der Waals surface area contributed by atoms with E-state index in [-0.39, 0.29) is 5.91 Å². The van der Waals surface area contributed by atoms with Crippen LogP contribution < -0.4 is 24.4 Å². The number of methoxy groups -OCH3 is 2. The molecule has 0 spiro atoms. The Kier molecular flexibility index (Phi) is 9.58. The molecule has 0 saturated carbocycles. The van der Waals surface area contributed by atoms with E-state index in [1.165, 1.54) is 5.69 Å². The Labute approximate surface area is 228 Å². The molecule has 0 unspecified atom stereocenters. The lowest BCUT2D eigenvalue weighted by Gasteiger charge is -2.33. The summed E-state index contributed by atoms with van der Waals surface area (Å²) >= 11 is 12.4. The van der Waals surface area contributed by atoms with Crippen LogP contribution in [0.1, 0.15) is 42.5 Å². The number of anilines is 1. The van der Waals surface area contributed by atoms with Gasteiger partial charge in [-0.2, -0.15) is 0 Å². The van der Waals surface area contributed by atoms with Gasteiger partial charge < -0.3 is 24.4 Å². The maximum Gasteiger partial charge on any atom is 0.251 e. The number of ether oxygens (including phenoxy) is 3. The Morgan fingerprint density at radius 1 is 1.08 bits per heavy atom. The third-order valence-electron chi connectivity index (χ3n) is 6.85. The first-order valence-electron chi connectivity index (χ1n) is 12.5. The van der Waals surface area contributed by atoms with Gasteiger partial charge >= 0.3 is 0 Å². The molecular weight excluding hydrogens is 513 g/mol. The number of hydrogen-bond acceptors (Lipinski definition) is 6. The highest BCUT2D eigenvalue weighted by Gasteiger charge is 2.22. The molecule has 4 rings (SSSR count). The average Bonchev–Trinajstić information content (AvgIpc) is 2.93. The van der Waals surface area contributed by atoms with Gasteiger partial charge in [-0.15, -0.1) is 0 Å². The number of nitrogens with zero attached hydrogens (tertiary/aromatic N) is 2. The lowest BCUT2D eigenvalue weighted by Crippen LogP contribution is -2.38. The predicted octanol–water partition coefficient (Wildman–Crippen LogP) is 5.92. The van der Waals surface area contributed by atoms with E-state index in [0.717, 1.165) is 49.4 Å². The lowest BCUT2D eigenvalue weighted by atomic mass is 9.96. The van der Waals surface area contributed by atoms with E-state index < -0.39 is 0 Å². The van der Waals surface area contributed by atoms with Crippen LogP contribution >= 0.6 is 23.2 Å². The van der Waals surface area contributed by atoms with Crippen LogP contribution in [-0.4, -0.2) is 51.4 Å². The van der Waals surface area contributed by atoms with E-state index in [4.69, 9.17) is 37.4 Å². The smallest absolute Gasteiger partial charge is 0.251 e. The monoisotopic (exact) mass is 545 g/mol. The Hall–Kier alpha value is -2.90. The Balaban J connectivity index is 1.35. The number of rotatable bonds is 10. The summed E-state index contributed by atoms with van der Waals surface area (Å²) in [4.78, 5) is 19.5. The van der Waals surface area contributed by atoms with Crippen LogP contribution in [0.3, 0.4) is 0 Å². The van der Waals surface area contributed by atoms with Gasteiger partial charge in [-0.1, -0.05) is 23.2 Å². The number of nitrogens with one attached hydrogen (secondary N) is 1. The first kappa shape index (κ1) is 27.1. The van der Waals surface area contributed by atoms with Crippen LogP contribution in [0.4, 0.5) is 5.69 Å². The molecule has 1 fully saturated rings. The molecule has 198 valence electrons. The number of allylic oxidation sites excluding steroid dienone is 3. The Bertz CT molecular complexity index is 1150. The van der Waals surface area contributed by atoms with Crippen LogP contribution in [-0.2, 0) is 0 Å². The van der Waals surface area contributed by atoms with Crippen LogP contribution in [0.5, 0.6) is 17.2 Å². The van der Waals surface area contributed by atoms with Gasteiger partial charge in [-0.3, -0.25) is 9.78 Å². The summed E-state index contributed by atoms with van der Waals surface area (Å²) < 4.78 is 17.1. The third kappa shape index (κ3) is 7.11. The number of halogens is 2. The minimum atomic E-state index is -0.167. The zero-order chi connectivity index (χ0) is 26.2. The number of carbonyl (C=O) groups is 1. The molecule has 2 aromatic rings. The number of benzene rings is 1. The molecule has 1 aromatic heterocycles. The fourth-order valence-corrected chi connectivity index (χ4v) is 5.27. The van der Waals surface area contributed by atoms with E-state index in [1.807, 2.05) is 24.5 Å². The van der Waals surface area contributed by atoms with Crippen molar-refractivity contribution in [3.8, 4) is 17.2 Å². The second kappa shape index (κ2) is 13.1. The maximum atomic E-state index is 13.1. The van der Waals surface area contributed by atoms with E-state index >= 15 is 0 Å². The number of amides is 1. The van der Waals surface area contributed by atoms with E-state index in [2.05, 4.69) is 15.2 Å². The van der Waals surface area contributed by atoms with Crippen LogP contribution in [0.25, 0.3) is 0 Å². The molecule has 0 bridgehead atoms. The minimum absolute atomic E-state index is 0.167. The molecule has 7 nitrogen and oxygen atoms in total. The topological polar surface area (TPSA) is 72.9 Å². The van der Waals surface area contributed by atoms with Gasteiger partial charge in [0.2, 0.25) is 5.75 Å². The molecule has 2 heterocycles. The van der Waals surface area contributed by atoms with Crippen LogP contribution in [0, 0.1) is 5.92 Å². The summed E-state index contributed by atoms with van der Waals surface area (Å²) in [5.74, 6) is 1.61. The fraction of sp³-hybridized carbons (Fsp3) is 0.429. The largest absolute Gasteiger partial charge is 0.493 e. The van der Waals surface area contributed by atoms with Crippen molar-refractivity contribution in [3.63, 3.8) is 0 Å². The molecule has 1 saturated heterocycles. The number of carbonyl (C=O) groups excluding carboxylic acids is 1. The van der Waals surface area contributed by atoms with Crippen molar-refractivity contribution in [2.45, 2.75) is 32.1 Å². The lowest BCUT2D eigenvalue weighted by molar-refractivity contribution is 0.0944. The van der Waals surface area contributed by atoms with Crippen molar-refractivity contribution >= 4 is 34.8 Å². The van der Waals surface area contributed by atoms with Gasteiger partial charge in [0.25, 0.3) is 5.91 Å². The summed E-state index contributed by atoms with van der Waals surface area (Å²) in [6.07, 6.45) is 9.70. The van der Waals surface area contributed by atoms with Gasteiger partial charge in [0.1, 0.15) is 0 Å². The molecule has 1 aliphatic heterocycles. The summed E-state index contributed by atoms with van der Waals surface area (Å²) in [5.41, 5.74) is 2.75. The Morgan fingerprint density at radius 3 is 2.49 bits per heavy atom. The van der Waals surface area contributed by atoms with Gasteiger partial charge in [0.15, 0.2) is 11.5 Å². The van der Waals surface area contributed by atoms with Crippen molar-refractivity contribution in [2.24, 2.45) is 5.92 Å². The summed E-state index contributed by atoms with van der Waals surface area (Å²) in [6, 6.07) is 7.45. The quantitative estimate of drug-likeness (QED) is 0.399. The Morgan fingerprint density at radius 2 is 1.81 bits per heavy atom. The predicted molar refractivity (Wildman–Crippen MR) is 147 cm³/mol. The molecule has 1 amide bonds. The molecular formula is C28H33Cl2N3O4. The molecule has 0 atom stereocenters. The van der Waals surface area contributed by atoms with Crippen molar-refractivity contribution in [2.75, 3.05) is 45.4 Å². The molecule has 1 N–H and O–H groups in total. The molecule has 1 aromatic carbocycles. The first-order valence-corrected chi connectivity index (χ1v) is 13.3. The van der Waals surface area contributed by atoms with E-state index in [9.17, 15) is 4.79 Å². The van der Waals surface area contributed by atoms with Gasteiger partial charge in [0.05, 0.1) is 20.8 Å². The molecule has 9 heteroatoms. The van der Waals surface area contributed by atoms with Crippen molar-refractivity contribution in [1.29, 1.82) is 0 Å². The standard InChI is InChI=1S/C28H33Cl2N3O4/c1-35-25-15-21(16-26(27(25)36-2)37-14-9-20-3-4-22(29)17-24(20)30)28(34)32-18-19-7-12-33(13-8-19)23-5-10-31-11-6-23/h5-6,10-11,15-17,19H,3-4,7-9,12-14,18H2,1-2H3,(H,32,34). The van der Waals surface area contributed by atoms with Crippen molar-refractivity contribution in [1.82, 2.24) is 10.3 Å². The van der Waals surface area contributed by atoms with E-state index in [0.29, 0.717) is 53.3 Å². The molecule has 0 radical (unpaired) electrons. The van der Waals surface area contributed by atoms with Crippen LogP contribution in [0.2, 0.25) is 0 Å². The van der Waals surface area contributed by atoms with Crippen molar-refractivity contribution in [3.05, 3.63) is 63.9 Å².